The number of hydrogen-bond acceptors (Lipinski definition) is 2. The molecule has 2 fully saturated rings. The first kappa shape index (κ1) is 13.2. The van der Waals surface area contributed by atoms with Crippen LogP contribution in [0.15, 0.2) is 24.3 Å². The Morgan fingerprint density at radius 3 is 2.85 bits per heavy atom. The highest BCUT2D eigenvalue weighted by Gasteiger charge is 2.39. The third-order valence-corrected chi connectivity index (χ3v) is 3.80. The first-order valence-corrected chi connectivity index (χ1v) is 7.12. The van der Waals surface area contributed by atoms with Crippen LogP contribution in [0, 0.1) is 0 Å². The second kappa shape index (κ2) is 5.32. The number of hydrogen-bond donors (Lipinski definition) is 2. The van der Waals surface area contributed by atoms with Gasteiger partial charge in [0, 0.05) is 29.7 Å². The van der Waals surface area contributed by atoms with E-state index in [2.05, 4.69) is 10.6 Å². The summed E-state index contributed by atoms with van der Waals surface area (Å²) in [5, 5.41) is 6.12. The normalized spacial score (nSPS) is 21.9. The molecule has 2 aliphatic rings. The van der Waals surface area contributed by atoms with Crippen molar-refractivity contribution in [3.8, 4) is 0 Å². The molecule has 0 aromatic heterocycles. The van der Waals surface area contributed by atoms with Crippen LogP contribution < -0.4 is 10.6 Å². The lowest BCUT2D eigenvalue weighted by Crippen LogP contribution is -2.40. The Labute approximate surface area is 122 Å². The Morgan fingerprint density at radius 1 is 1.35 bits per heavy atom. The van der Waals surface area contributed by atoms with Crippen molar-refractivity contribution in [1.29, 1.82) is 0 Å². The van der Waals surface area contributed by atoms with Crippen molar-refractivity contribution < 1.29 is 9.59 Å². The highest BCUT2D eigenvalue weighted by Crippen LogP contribution is 2.30. The fourth-order valence-corrected chi connectivity index (χ4v) is 2.68. The molecule has 20 heavy (non-hydrogen) atoms. The van der Waals surface area contributed by atoms with Crippen LogP contribution in [0.5, 0.6) is 0 Å². The minimum absolute atomic E-state index is 0.109. The van der Waals surface area contributed by atoms with E-state index in [1.165, 1.54) is 0 Å². The number of carbonyl (C=O) groups is 2. The molecule has 1 aliphatic carbocycles. The van der Waals surface area contributed by atoms with Gasteiger partial charge in [0.05, 0.1) is 6.04 Å². The van der Waals surface area contributed by atoms with Crippen molar-refractivity contribution in [1.82, 2.24) is 10.2 Å². The number of rotatable bonds is 3. The maximum atomic E-state index is 11.9. The van der Waals surface area contributed by atoms with Gasteiger partial charge in [-0.15, -0.1) is 0 Å². The van der Waals surface area contributed by atoms with E-state index < -0.39 is 0 Å². The minimum atomic E-state index is -0.303. The second-order valence-corrected chi connectivity index (χ2v) is 5.72. The quantitative estimate of drug-likeness (QED) is 0.898. The van der Waals surface area contributed by atoms with E-state index in [0.717, 1.165) is 12.8 Å². The third-order valence-electron chi connectivity index (χ3n) is 3.56. The average Bonchev–Trinajstić information content (AvgIpc) is 3.14. The molecule has 106 valence electrons. The number of benzene rings is 1. The Kier molecular flexibility index (Phi) is 3.53. The summed E-state index contributed by atoms with van der Waals surface area (Å²) in [6, 6.07) is 6.95. The van der Waals surface area contributed by atoms with Gasteiger partial charge < -0.3 is 15.5 Å². The number of urea groups is 1. The Hall–Kier alpha value is -1.75. The monoisotopic (exact) mass is 293 g/mol. The third kappa shape index (κ3) is 3.04. The van der Waals surface area contributed by atoms with Gasteiger partial charge in [0.15, 0.2) is 0 Å². The molecule has 3 amide bonds. The van der Waals surface area contributed by atoms with Crippen LogP contribution >= 0.6 is 11.6 Å². The molecule has 1 aliphatic heterocycles. The zero-order valence-electron chi connectivity index (χ0n) is 10.9. The van der Waals surface area contributed by atoms with Crippen molar-refractivity contribution in [3.63, 3.8) is 0 Å². The molecule has 6 heteroatoms. The van der Waals surface area contributed by atoms with Crippen LogP contribution in [0.4, 0.5) is 10.5 Å². The van der Waals surface area contributed by atoms with Gasteiger partial charge in [-0.3, -0.25) is 4.79 Å². The fraction of sp³-hybridized carbons (Fsp3) is 0.429. The second-order valence-electron chi connectivity index (χ2n) is 5.29. The van der Waals surface area contributed by atoms with E-state index in [1.54, 1.807) is 24.3 Å². The number of halogens is 1. The lowest BCUT2D eigenvalue weighted by molar-refractivity contribution is -0.128. The van der Waals surface area contributed by atoms with E-state index >= 15 is 0 Å². The number of carbonyl (C=O) groups excluding carboxylic acids is 2. The van der Waals surface area contributed by atoms with Gasteiger partial charge in [-0.05, 0) is 31.0 Å². The standard InChI is InChI=1S/C14H16ClN3O2/c15-9-2-1-3-10(6-9)16-14(20)17-11-7-13(19)18(8-11)12-4-5-12/h1-3,6,11-12H,4-5,7-8H2,(H2,16,17,20)/t11-/m1/s1. The van der Waals surface area contributed by atoms with Crippen molar-refractivity contribution in [3.05, 3.63) is 29.3 Å². The predicted molar refractivity (Wildman–Crippen MR) is 76.7 cm³/mol. The number of nitrogens with zero attached hydrogens (tertiary/aromatic N) is 1. The zero-order chi connectivity index (χ0) is 14.1. The van der Waals surface area contributed by atoms with Gasteiger partial charge >= 0.3 is 6.03 Å². The van der Waals surface area contributed by atoms with Crippen LogP contribution in [0.25, 0.3) is 0 Å². The summed E-state index contributed by atoms with van der Waals surface area (Å²) in [5.41, 5.74) is 0.637. The number of nitrogens with one attached hydrogen (secondary N) is 2. The Bertz CT molecular complexity index is 545. The van der Waals surface area contributed by atoms with Crippen LogP contribution in [-0.2, 0) is 4.79 Å². The summed E-state index contributed by atoms with van der Waals surface area (Å²) < 4.78 is 0. The summed E-state index contributed by atoms with van der Waals surface area (Å²) in [4.78, 5) is 25.6. The Balaban J connectivity index is 1.53. The number of anilines is 1. The first-order valence-electron chi connectivity index (χ1n) is 6.74. The summed E-state index contributed by atoms with van der Waals surface area (Å²) in [7, 11) is 0. The largest absolute Gasteiger partial charge is 0.338 e. The molecular formula is C14H16ClN3O2. The zero-order valence-corrected chi connectivity index (χ0v) is 11.7. The van der Waals surface area contributed by atoms with Gasteiger partial charge in [-0.25, -0.2) is 4.79 Å². The summed E-state index contributed by atoms with van der Waals surface area (Å²) in [5.74, 6) is 0.139. The van der Waals surface area contributed by atoms with Crippen molar-refractivity contribution in [2.45, 2.75) is 31.3 Å². The maximum absolute atomic E-state index is 11.9. The fourth-order valence-electron chi connectivity index (χ4n) is 2.49. The van der Waals surface area contributed by atoms with E-state index in [0.29, 0.717) is 29.7 Å². The summed E-state index contributed by atoms with van der Waals surface area (Å²) in [6.07, 6.45) is 2.57. The van der Waals surface area contributed by atoms with Gasteiger partial charge in [-0.1, -0.05) is 17.7 Å². The highest BCUT2D eigenvalue weighted by molar-refractivity contribution is 6.30. The molecule has 0 bridgehead atoms. The van der Waals surface area contributed by atoms with Crippen LogP contribution in [0.1, 0.15) is 19.3 Å². The molecule has 0 unspecified atom stereocenters. The van der Waals surface area contributed by atoms with E-state index in [-0.39, 0.29) is 18.0 Å². The van der Waals surface area contributed by atoms with E-state index in [4.69, 9.17) is 11.6 Å². The molecule has 1 aromatic carbocycles. The number of amides is 3. The van der Waals surface area contributed by atoms with Gasteiger partial charge in [0.25, 0.3) is 0 Å². The molecule has 1 atom stereocenters. The SMILES string of the molecule is O=C(Nc1cccc(Cl)c1)N[C@@H]1CC(=O)N(C2CC2)C1. The molecule has 1 aromatic rings. The van der Waals surface area contributed by atoms with Crippen LogP contribution in [0.3, 0.4) is 0 Å². The molecule has 5 nitrogen and oxygen atoms in total. The van der Waals surface area contributed by atoms with Crippen molar-refractivity contribution in [2.24, 2.45) is 0 Å². The molecule has 3 rings (SSSR count). The maximum Gasteiger partial charge on any atom is 0.319 e. The predicted octanol–water partition coefficient (Wildman–Crippen LogP) is 2.22. The topological polar surface area (TPSA) is 61.4 Å². The van der Waals surface area contributed by atoms with Crippen LogP contribution in [-0.4, -0.2) is 35.5 Å². The molecule has 0 spiro atoms. The van der Waals surface area contributed by atoms with Gasteiger partial charge in [0.1, 0.15) is 0 Å². The smallest absolute Gasteiger partial charge is 0.319 e. The lowest BCUT2D eigenvalue weighted by Gasteiger charge is -2.16. The van der Waals surface area contributed by atoms with Crippen molar-refractivity contribution in [2.75, 3.05) is 11.9 Å². The highest BCUT2D eigenvalue weighted by atomic mass is 35.5. The average molecular weight is 294 g/mol. The number of likely N-dealkylation sites (tertiary alicyclic amines) is 1. The minimum Gasteiger partial charge on any atom is -0.338 e. The molecular weight excluding hydrogens is 278 g/mol. The van der Waals surface area contributed by atoms with Gasteiger partial charge in [-0.2, -0.15) is 0 Å². The molecule has 0 radical (unpaired) electrons. The molecule has 2 N–H and O–H groups in total. The summed E-state index contributed by atoms with van der Waals surface area (Å²) >= 11 is 5.86. The summed E-state index contributed by atoms with van der Waals surface area (Å²) in [6.45, 7) is 0.618. The Morgan fingerprint density at radius 2 is 2.15 bits per heavy atom. The van der Waals surface area contributed by atoms with Crippen molar-refractivity contribution >= 4 is 29.2 Å². The molecule has 1 heterocycles. The molecule has 1 saturated carbocycles. The van der Waals surface area contributed by atoms with E-state index in [1.807, 2.05) is 4.90 Å². The lowest BCUT2D eigenvalue weighted by atomic mass is 10.2. The van der Waals surface area contributed by atoms with E-state index in [9.17, 15) is 9.59 Å². The van der Waals surface area contributed by atoms with Crippen LogP contribution in [0.2, 0.25) is 5.02 Å². The first-order chi connectivity index (χ1) is 9.61. The van der Waals surface area contributed by atoms with Gasteiger partial charge in [0.2, 0.25) is 5.91 Å². The molecule has 1 saturated heterocycles.